The lowest BCUT2D eigenvalue weighted by Crippen LogP contribution is -2.00. The summed E-state index contributed by atoms with van der Waals surface area (Å²) in [5.74, 6) is 0. The molecular weight excluding hydrogens is 329 g/mol. The van der Waals surface area contributed by atoms with Crippen LogP contribution in [0.4, 0.5) is 0 Å². The van der Waals surface area contributed by atoms with Gasteiger partial charge < -0.3 is 0 Å². The van der Waals surface area contributed by atoms with E-state index in [0.29, 0.717) is 21.6 Å². The first-order valence-electron chi connectivity index (χ1n) is 6.12. The molecule has 3 aromatic rings. The van der Waals surface area contributed by atoms with E-state index >= 15 is 0 Å². The largest absolute Gasteiger partial charge is 0.275 e. The molecule has 0 bridgehead atoms. The number of benzene rings is 2. The number of halogens is 3. The van der Waals surface area contributed by atoms with Crippen molar-refractivity contribution in [1.29, 1.82) is 0 Å². The minimum atomic E-state index is -0.645. The molecule has 0 aliphatic carbocycles. The van der Waals surface area contributed by atoms with E-state index in [1.807, 2.05) is 30.3 Å². The quantitative estimate of drug-likeness (QED) is 0.571. The minimum absolute atomic E-state index is 0.194. The van der Waals surface area contributed by atoms with Gasteiger partial charge in [0.1, 0.15) is 0 Å². The maximum absolute atomic E-state index is 11.8. The van der Waals surface area contributed by atoms with Gasteiger partial charge in [0, 0.05) is 10.9 Å². The van der Waals surface area contributed by atoms with Gasteiger partial charge in [-0.15, -0.1) is 0 Å². The average molecular weight is 337 g/mol. The Kier molecular flexibility index (Phi) is 3.85. The molecule has 104 valence electrons. The number of pyridine rings is 1. The van der Waals surface area contributed by atoms with E-state index in [-0.39, 0.29) is 10.6 Å². The molecule has 2 aromatic carbocycles. The third-order valence-corrected chi connectivity index (χ3v) is 4.03. The number of hydrogen-bond donors (Lipinski definition) is 0. The van der Waals surface area contributed by atoms with Crippen molar-refractivity contribution in [2.45, 2.75) is 0 Å². The standard InChI is InChI=1S/C16H8Cl3NO/c17-11-8-4-7-10-13(18)12(16(19)21)14(20-15(10)11)9-5-2-1-3-6-9/h1-8H. The number of hydrogen-bond acceptors (Lipinski definition) is 2. The zero-order valence-electron chi connectivity index (χ0n) is 10.6. The topological polar surface area (TPSA) is 30.0 Å². The normalized spacial score (nSPS) is 10.8. The van der Waals surface area contributed by atoms with Crippen LogP contribution in [0.5, 0.6) is 0 Å². The van der Waals surface area contributed by atoms with Crippen LogP contribution in [0, 0.1) is 0 Å². The van der Waals surface area contributed by atoms with Crippen molar-refractivity contribution < 1.29 is 4.79 Å². The highest BCUT2D eigenvalue weighted by molar-refractivity contribution is 6.69. The summed E-state index contributed by atoms with van der Waals surface area (Å²) in [6, 6.07) is 14.5. The number of aromatic nitrogens is 1. The van der Waals surface area contributed by atoms with E-state index in [2.05, 4.69) is 4.98 Å². The fourth-order valence-electron chi connectivity index (χ4n) is 2.20. The molecule has 21 heavy (non-hydrogen) atoms. The van der Waals surface area contributed by atoms with E-state index in [1.54, 1.807) is 18.2 Å². The molecule has 0 aliphatic rings. The number of rotatable bonds is 2. The van der Waals surface area contributed by atoms with Crippen LogP contribution in [-0.4, -0.2) is 10.2 Å². The highest BCUT2D eigenvalue weighted by atomic mass is 35.5. The summed E-state index contributed by atoms with van der Waals surface area (Å²) in [7, 11) is 0. The summed E-state index contributed by atoms with van der Waals surface area (Å²) in [6.45, 7) is 0. The van der Waals surface area contributed by atoms with Crippen molar-refractivity contribution in [3.8, 4) is 11.3 Å². The summed E-state index contributed by atoms with van der Waals surface area (Å²) >= 11 is 18.2. The number of carbonyl (C=O) groups is 1. The Hall–Kier alpha value is -1.61. The first kappa shape index (κ1) is 14.3. The summed E-state index contributed by atoms with van der Waals surface area (Å²) < 4.78 is 0. The average Bonchev–Trinajstić information content (AvgIpc) is 2.48. The molecule has 0 radical (unpaired) electrons. The first-order valence-corrected chi connectivity index (χ1v) is 7.26. The Balaban J connectivity index is 2.45. The molecule has 0 spiro atoms. The molecule has 0 fully saturated rings. The molecular formula is C16H8Cl3NO. The van der Waals surface area contributed by atoms with E-state index < -0.39 is 5.24 Å². The highest BCUT2D eigenvalue weighted by Gasteiger charge is 2.20. The van der Waals surface area contributed by atoms with Crippen LogP contribution in [0.3, 0.4) is 0 Å². The summed E-state index contributed by atoms with van der Waals surface area (Å²) in [4.78, 5) is 16.3. The predicted octanol–water partition coefficient (Wildman–Crippen LogP) is 5.59. The molecule has 0 amide bonds. The lowest BCUT2D eigenvalue weighted by atomic mass is 10.0. The Bertz CT molecular complexity index is 847. The molecule has 0 saturated heterocycles. The van der Waals surface area contributed by atoms with E-state index in [0.717, 1.165) is 5.56 Å². The lowest BCUT2D eigenvalue weighted by molar-refractivity contribution is 0.108. The van der Waals surface area contributed by atoms with E-state index in [9.17, 15) is 4.79 Å². The second-order valence-electron chi connectivity index (χ2n) is 4.43. The van der Waals surface area contributed by atoms with Gasteiger partial charge in [-0.1, -0.05) is 65.7 Å². The highest BCUT2D eigenvalue weighted by Crippen LogP contribution is 2.36. The van der Waals surface area contributed by atoms with Gasteiger partial charge in [0.25, 0.3) is 5.24 Å². The Labute approximate surface area is 136 Å². The summed E-state index contributed by atoms with van der Waals surface area (Å²) in [5.41, 5.74) is 1.93. The fourth-order valence-corrected chi connectivity index (χ4v) is 2.97. The van der Waals surface area contributed by atoms with Gasteiger partial charge in [0.05, 0.1) is 26.8 Å². The van der Waals surface area contributed by atoms with Crippen LogP contribution >= 0.6 is 34.8 Å². The van der Waals surface area contributed by atoms with Crippen LogP contribution in [0.2, 0.25) is 10.0 Å². The molecule has 2 nitrogen and oxygen atoms in total. The van der Waals surface area contributed by atoms with Crippen molar-refractivity contribution in [1.82, 2.24) is 4.98 Å². The Morgan fingerprint density at radius 1 is 0.952 bits per heavy atom. The molecule has 0 atom stereocenters. The predicted molar refractivity (Wildman–Crippen MR) is 87.4 cm³/mol. The van der Waals surface area contributed by atoms with Gasteiger partial charge in [-0.2, -0.15) is 0 Å². The molecule has 0 aliphatic heterocycles. The van der Waals surface area contributed by atoms with Crippen molar-refractivity contribution >= 4 is 50.9 Å². The first-order chi connectivity index (χ1) is 10.1. The maximum Gasteiger partial charge on any atom is 0.256 e. The Morgan fingerprint density at radius 2 is 1.67 bits per heavy atom. The van der Waals surface area contributed by atoms with Gasteiger partial charge in [-0.3, -0.25) is 4.79 Å². The third kappa shape index (κ3) is 2.51. The van der Waals surface area contributed by atoms with Crippen LogP contribution in [-0.2, 0) is 0 Å². The van der Waals surface area contributed by atoms with Crippen molar-refractivity contribution in [2.24, 2.45) is 0 Å². The van der Waals surface area contributed by atoms with Gasteiger partial charge in [-0.25, -0.2) is 4.98 Å². The third-order valence-electron chi connectivity index (χ3n) is 3.15. The van der Waals surface area contributed by atoms with Gasteiger partial charge in [0.2, 0.25) is 0 Å². The van der Waals surface area contributed by atoms with Gasteiger partial charge >= 0.3 is 0 Å². The molecule has 5 heteroatoms. The second kappa shape index (κ2) is 5.64. The minimum Gasteiger partial charge on any atom is -0.275 e. The zero-order valence-corrected chi connectivity index (χ0v) is 12.9. The molecule has 1 heterocycles. The van der Waals surface area contributed by atoms with Crippen LogP contribution in [0.15, 0.2) is 48.5 Å². The molecule has 0 saturated carbocycles. The number of nitrogens with zero attached hydrogens (tertiary/aromatic N) is 1. The zero-order chi connectivity index (χ0) is 15.0. The number of carbonyl (C=O) groups excluding carboxylic acids is 1. The number of fused-ring (bicyclic) bond motifs is 1. The van der Waals surface area contributed by atoms with Crippen molar-refractivity contribution in [3.05, 3.63) is 64.1 Å². The number of para-hydroxylation sites is 1. The SMILES string of the molecule is O=C(Cl)c1c(-c2ccccc2)nc2c(Cl)cccc2c1Cl. The molecule has 0 N–H and O–H groups in total. The van der Waals surface area contributed by atoms with Crippen molar-refractivity contribution in [2.75, 3.05) is 0 Å². The van der Waals surface area contributed by atoms with E-state index in [1.165, 1.54) is 0 Å². The monoisotopic (exact) mass is 335 g/mol. The summed E-state index contributed by atoms with van der Waals surface area (Å²) in [5, 5.41) is 0.697. The van der Waals surface area contributed by atoms with Gasteiger partial charge in [0.15, 0.2) is 0 Å². The lowest BCUT2D eigenvalue weighted by Gasteiger charge is -2.11. The second-order valence-corrected chi connectivity index (χ2v) is 5.55. The van der Waals surface area contributed by atoms with Crippen LogP contribution < -0.4 is 0 Å². The summed E-state index contributed by atoms with van der Waals surface area (Å²) in [6.07, 6.45) is 0. The van der Waals surface area contributed by atoms with Gasteiger partial charge in [-0.05, 0) is 17.7 Å². The molecule has 1 aromatic heterocycles. The smallest absolute Gasteiger partial charge is 0.256 e. The van der Waals surface area contributed by atoms with Crippen LogP contribution in [0.1, 0.15) is 10.4 Å². The molecule has 3 rings (SSSR count). The van der Waals surface area contributed by atoms with Crippen molar-refractivity contribution in [3.63, 3.8) is 0 Å². The van der Waals surface area contributed by atoms with E-state index in [4.69, 9.17) is 34.8 Å². The fraction of sp³-hybridized carbons (Fsp3) is 0. The Morgan fingerprint density at radius 3 is 2.33 bits per heavy atom. The molecule has 0 unspecified atom stereocenters. The maximum atomic E-state index is 11.8. The van der Waals surface area contributed by atoms with Crippen LogP contribution in [0.25, 0.3) is 22.2 Å².